The lowest BCUT2D eigenvalue weighted by Gasteiger charge is -2.40. The first-order valence-corrected chi connectivity index (χ1v) is 13.1. The first-order chi connectivity index (χ1) is 17.3. The van der Waals surface area contributed by atoms with Crippen LogP contribution in [0.5, 0.6) is 0 Å². The van der Waals surface area contributed by atoms with Gasteiger partial charge in [-0.3, -0.25) is 9.69 Å². The maximum Gasteiger partial charge on any atom is 0.328 e. The van der Waals surface area contributed by atoms with E-state index in [1.165, 1.54) is 31.2 Å². The number of ether oxygens (including phenoxy) is 1. The van der Waals surface area contributed by atoms with Crippen LogP contribution >= 0.6 is 0 Å². The van der Waals surface area contributed by atoms with Gasteiger partial charge in [0.25, 0.3) is 0 Å². The summed E-state index contributed by atoms with van der Waals surface area (Å²) < 4.78 is 5.52. The predicted molar refractivity (Wildman–Crippen MR) is 137 cm³/mol. The normalized spacial score (nSPS) is 25.4. The molecule has 1 aliphatic carbocycles. The number of nitrogens with zero attached hydrogens (tertiary/aromatic N) is 2. The summed E-state index contributed by atoms with van der Waals surface area (Å²) in [7, 11) is 0. The maximum absolute atomic E-state index is 14.0. The van der Waals surface area contributed by atoms with Crippen LogP contribution in [0, 0.1) is 11.8 Å². The number of benzene rings is 1. The first kappa shape index (κ1) is 27.9. The van der Waals surface area contributed by atoms with Gasteiger partial charge in [0.2, 0.25) is 5.91 Å². The molecular weight excluding hydrogens is 460 g/mol. The molecule has 2 atom stereocenters. The number of hydrogen-bond acceptors (Lipinski definition) is 5. The highest BCUT2D eigenvalue weighted by Crippen LogP contribution is 2.53. The van der Waals surface area contributed by atoms with Crippen molar-refractivity contribution in [2.75, 3.05) is 39.4 Å². The van der Waals surface area contributed by atoms with Gasteiger partial charge in [-0.15, -0.1) is 0 Å². The highest BCUT2D eigenvalue weighted by atomic mass is 16.5. The standard InChI is InChI=1S/C24H36N2O2.C4H4O4/c1-19(2)26-18-22(12-13-25-14-16-28-17-15-25)24(23(26)27,21-10-6-7-11-21)20-8-4-3-5-9-20;5-3(6)1-2-4(7)8/h3-5,8-9,19,21-22H,6-7,10-18H2,1-2H3;1-2H,(H,5,6)(H,7,8). The van der Waals surface area contributed by atoms with Gasteiger partial charge in [0.05, 0.1) is 18.6 Å². The fourth-order valence-electron chi connectivity index (χ4n) is 6.14. The Labute approximate surface area is 213 Å². The minimum atomic E-state index is -1.26. The lowest BCUT2D eigenvalue weighted by atomic mass is 9.62. The Morgan fingerprint density at radius 3 is 2.17 bits per heavy atom. The number of likely N-dealkylation sites (tertiary alicyclic amines) is 1. The smallest absolute Gasteiger partial charge is 0.328 e. The second-order valence-corrected chi connectivity index (χ2v) is 10.2. The Bertz CT molecular complexity index is 890. The predicted octanol–water partition coefficient (Wildman–Crippen LogP) is 3.42. The molecule has 8 heteroatoms. The van der Waals surface area contributed by atoms with Crippen LogP contribution in [0.3, 0.4) is 0 Å². The number of rotatable bonds is 8. The fourth-order valence-corrected chi connectivity index (χ4v) is 6.14. The molecule has 2 saturated heterocycles. The Hall–Kier alpha value is -2.71. The number of amides is 1. The molecule has 3 fully saturated rings. The Morgan fingerprint density at radius 2 is 1.64 bits per heavy atom. The van der Waals surface area contributed by atoms with Crippen molar-refractivity contribution in [3.63, 3.8) is 0 Å². The number of hydrogen-bond donors (Lipinski definition) is 2. The zero-order valence-corrected chi connectivity index (χ0v) is 21.5. The molecule has 1 aromatic rings. The van der Waals surface area contributed by atoms with Crippen LogP contribution in [0.4, 0.5) is 0 Å². The summed E-state index contributed by atoms with van der Waals surface area (Å²) in [6, 6.07) is 11.0. The highest BCUT2D eigenvalue weighted by Gasteiger charge is 2.59. The third-order valence-corrected chi connectivity index (χ3v) is 7.82. The molecule has 2 unspecified atom stereocenters. The minimum Gasteiger partial charge on any atom is -0.478 e. The van der Waals surface area contributed by atoms with Crippen LogP contribution in [0.1, 0.15) is 51.5 Å². The average molecular weight is 501 g/mol. The first-order valence-electron chi connectivity index (χ1n) is 13.1. The van der Waals surface area contributed by atoms with E-state index in [1.807, 2.05) is 0 Å². The number of aliphatic carboxylic acids is 2. The van der Waals surface area contributed by atoms with E-state index in [2.05, 4.69) is 54.0 Å². The minimum absolute atomic E-state index is 0.269. The van der Waals surface area contributed by atoms with Crippen LogP contribution in [-0.4, -0.2) is 83.3 Å². The topological polar surface area (TPSA) is 107 Å². The number of carboxylic acids is 2. The molecule has 4 rings (SSSR count). The number of morpholine rings is 1. The van der Waals surface area contributed by atoms with Gasteiger partial charge >= 0.3 is 11.9 Å². The van der Waals surface area contributed by atoms with Crippen LogP contribution in [-0.2, 0) is 24.5 Å². The summed E-state index contributed by atoms with van der Waals surface area (Å²) >= 11 is 0. The third kappa shape index (κ3) is 6.53. The third-order valence-electron chi connectivity index (χ3n) is 7.82. The molecule has 0 spiro atoms. The van der Waals surface area contributed by atoms with Gasteiger partial charge in [-0.1, -0.05) is 43.2 Å². The Balaban J connectivity index is 0.000000392. The van der Waals surface area contributed by atoms with E-state index < -0.39 is 11.9 Å². The van der Waals surface area contributed by atoms with Gasteiger partial charge in [0, 0.05) is 37.8 Å². The van der Waals surface area contributed by atoms with Crippen molar-refractivity contribution in [2.24, 2.45) is 11.8 Å². The Kier molecular flexibility index (Phi) is 10.1. The SMILES string of the molecule is CC(C)N1CC(CCN2CCOCC2)C(c2ccccc2)(C2CCCC2)C1=O.O=C(O)C=CC(=O)O. The second kappa shape index (κ2) is 13.0. The van der Waals surface area contributed by atoms with Crippen LogP contribution in [0.25, 0.3) is 0 Å². The van der Waals surface area contributed by atoms with Crippen molar-refractivity contribution in [1.29, 1.82) is 0 Å². The summed E-state index contributed by atoms with van der Waals surface area (Å²) in [4.78, 5) is 37.8. The van der Waals surface area contributed by atoms with Crippen molar-refractivity contribution in [3.05, 3.63) is 48.0 Å². The van der Waals surface area contributed by atoms with Gasteiger partial charge in [0.1, 0.15) is 0 Å². The van der Waals surface area contributed by atoms with Crippen LogP contribution < -0.4 is 0 Å². The number of carboxylic acid groups (broad SMARTS) is 2. The highest BCUT2D eigenvalue weighted by molar-refractivity contribution is 5.92. The fraction of sp³-hybridized carbons (Fsp3) is 0.607. The molecule has 1 aromatic carbocycles. The molecule has 1 amide bonds. The average Bonchev–Trinajstić information content (AvgIpc) is 3.50. The van der Waals surface area contributed by atoms with Gasteiger partial charge in [-0.05, 0) is 57.1 Å². The van der Waals surface area contributed by atoms with Crippen LogP contribution in [0.2, 0.25) is 0 Å². The largest absolute Gasteiger partial charge is 0.478 e. The van der Waals surface area contributed by atoms with Gasteiger partial charge < -0.3 is 19.8 Å². The maximum atomic E-state index is 14.0. The van der Waals surface area contributed by atoms with Crippen molar-refractivity contribution < 1.29 is 29.3 Å². The molecule has 2 aliphatic heterocycles. The summed E-state index contributed by atoms with van der Waals surface area (Å²) in [5.41, 5.74) is 0.941. The van der Waals surface area contributed by atoms with E-state index in [1.54, 1.807) is 0 Å². The molecule has 0 bridgehead atoms. The van der Waals surface area contributed by atoms with E-state index in [4.69, 9.17) is 14.9 Å². The van der Waals surface area contributed by atoms with Crippen molar-refractivity contribution in [3.8, 4) is 0 Å². The van der Waals surface area contributed by atoms with E-state index in [0.717, 1.165) is 45.8 Å². The van der Waals surface area contributed by atoms with Crippen molar-refractivity contribution in [1.82, 2.24) is 9.80 Å². The van der Waals surface area contributed by atoms with Gasteiger partial charge in [0.15, 0.2) is 0 Å². The molecule has 2 N–H and O–H groups in total. The van der Waals surface area contributed by atoms with Gasteiger partial charge in [-0.2, -0.15) is 0 Å². The lowest BCUT2D eigenvalue weighted by molar-refractivity contribution is -0.136. The summed E-state index contributed by atoms with van der Waals surface area (Å²) in [6.45, 7) is 10.1. The molecule has 1 saturated carbocycles. The monoisotopic (exact) mass is 500 g/mol. The molecule has 8 nitrogen and oxygen atoms in total. The Morgan fingerprint density at radius 1 is 1.06 bits per heavy atom. The van der Waals surface area contributed by atoms with Crippen molar-refractivity contribution in [2.45, 2.75) is 57.4 Å². The number of carbonyl (C=O) groups excluding carboxylic acids is 1. The van der Waals surface area contributed by atoms with Gasteiger partial charge in [-0.25, -0.2) is 9.59 Å². The van der Waals surface area contributed by atoms with Crippen LogP contribution in [0.15, 0.2) is 42.5 Å². The summed E-state index contributed by atoms with van der Waals surface area (Å²) in [5, 5.41) is 15.6. The second-order valence-electron chi connectivity index (χ2n) is 10.2. The molecule has 36 heavy (non-hydrogen) atoms. The molecule has 0 radical (unpaired) electrons. The summed E-state index contributed by atoms with van der Waals surface area (Å²) in [5.74, 6) is -1.23. The summed E-state index contributed by atoms with van der Waals surface area (Å²) in [6.07, 6.45) is 7.14. The molecule has 3 aliphatic rings. The molecular formula is C28H40N2O6. The quantitative estimate of drug-likeness (QED) is 0.527. The molecule has 2 heterocycles. The van der Waals surface area contributed by atoms with E-state index >= 15 is 0 Å². The van der Waals surface area contributed by atoms with E-state index in [9.17, 15) is 14.4 Å². The molecule has 198 valence electrons. The lowest BCUT2D eigenvalue weighted by Crippen LogP contribution is -2.48. The number of carbonyl (C=O) groups is 3. The van der Waals surface area contributed by atoms with E-state index in [-0.39, 0.29) is 11.5 Å². The van der Waals surface area contributed by atoms with Crippen molar-refractivity contribution >= 4 is 17.8 Å². The zero-order chi connectivity index (χ0) is 26.1. The van der Waals surface area contributed by atoms with E-state index in [0.29, 0.717) is 29.9 Å². The zero-order valence-electron chi connectivity index (χ0n) is 21.5. The molecule has 0 aromatic heterocycles.